The van der Waals surface area contributed by atoms with Crippen LogP contribution in [-0.4, -0.2) is 9.78 Å². The molecule has 0 amide bonds. The Morgan fingerprint density at radius 1 is 0.955 bits per heavy atom. The minimum Gasteiger partial charge on any atom is -0.266 e. The van der Waals surface area contributed by atoms with Gasteiger partial charge in [-0.1, -0.05) is 32.0 Å². The second-order valence-electron chi connectivity index (χ2n) is 6.81. The van der Waals surface area contributed by atoms with Gasteiger partial charge in [0.05, 0.1) is 5.69 Å². The van der Waals surface area contributed by atoms with Gasteiger partial charge >= 0.3 is 0 Å². The molecule has 0 aliphatic heterocycles. The zero-order chi connectivity index (χ0) is 15.7. The summed E-state index contributed by atoms with van der Waals surface area (Å²) in [7, 11) is 0. The summed E-state index contributed by atoms with van der Waals surface area (Å²) < 4.78 is 2.22. The van der Waals surface area contributed by atoms with Crippen LogP contribution in [0.1, 0.15) is 56.3 Å². The van der Waals surface area contributed by atoms with Crippen LogP contribution >= 0.6 is 0 Å². The number of aromatic nitrogens is 2. The van der Waals surface area contributed by atoms with Crippen molar-refractivity contribution in [1.82, 2.24) is 9.78 Å². The Morgan fingerprint density at radius 3 is 1.95 bits per heavy atom. The van der Waals surface area contributed by atoms with Crippen molar-refractivity contribution >= 4 is 0 Å². The first kappa shape index (κ1) is 19.2. The van der Waals surface area contributed by atoms with Crippen molar-refractivity contribution in [3.8, 4) is 11.1 Å². The van der Waals surface area contributed by atoms with Crippen molar-refractivity contribution in [3.63, 3.8) is 0 Å². The number of rotatable bonds is 4. The normalized spacial score (nSPS) is 11.1. The first-order valence-corrected chi connectivity index (χ1v) is 7.97. The second-order valence-corrected chi connectivity index (χ2v) is 6.81. The van der Waals surface area contributed by atoms with Gasteiger partial charge in [-0.25, -0.2) is 0 Å². The summed E-state index contributed by atoms with van der Waals surface area (Å²) in [6, 6.07) is 6.94. The zero-order valence-electron chi connectivity index (χ0n) is 14.8. The van der Waals surface area contributed by atoms with E-state index in [2.05, 4.69) is 71.3 Å². The predicted octanol–water partition coefficient (Wildman–Crippen LogP) is 5.25. The van der Waals surface area contributed by atoms with Crippen LogP contribution in [0.25, 0.3) is 11.1 Å². The third-order valence-corrected chi connectivity index (χ3v) is 4.01. The van der Waals surface area contributed by atoms with Gasteiger partial charge in [0.25, 0.3) is 0 Å². The molecule has 0 aliphatic rings. The molecule has 1 aromatic carbocycles. The Morgan fingerprint density at radius 2 is 1.50 bits per heavy atom. The van der Waals surface area contributed by atoms with Gasteiger partial charge < -0.3 is 0 Å². The fourth-order valence-corrected chi connectivity index (χ4v) is 3.14. The Labute approximate surface area is 149 Å². The monoisotopic (exact) mass is 479 g/mol. The number of hydrogen-bond donors (Lipinski definition) is 0. The molecule has 0 spiro atoms. The third kappa shape index (κ3) is 3.71. The molecule has 0 unspecified atom stereocenters. The largest absolute Gasteiger partial charge is 0.266 e. The zero-order valence-corrected chi connectivity index (χ0v) is 17.1. The molecular weight excluding hydrogens is 451 g/mol. The summed E-state index contributed by atoms with van der Waals surface area (Å²) in [5.74, 6) is 0.627. The molecule has 2 nitrogen and oxygen atoms in total. The van der Waals surface area contributed by atoms with Crippen LogP contribution in [0.3, 0.4) is 0 Å². The maximum absolute atomic E-state index is 4.84. The quantitative estimate of drug-likeness (QED) is 0.586. The first-order chi connectivity index (χ1) is 9.82. The minimum absolute atomic E-state index is 0. The Bertz CT molecular complexity index is 619. The van der Waals surface area contributed by atoms with E-state index >= 15 is 0 Å². The molecule has 0 bridgehead atoms. The van der Waals surface area contributed by atoms with E-state index in [9.17, 15) is 0 Å². The van der Waals surface area contributed by atoms with E-state index in [-0.39, 0.29) is 21.1 Å². The fraction of sp³-hybridized carbons (Fsp3) is 0.526. The molecule has 2 rings (SSSR count). The molecule has 0 N–H and O–H groups in total. The van der Waals surface area contributed by atoms with Gasteiger partial charge in [-0.05, 0) is 63.6 Å². The van der Waals surface area contributed by atoms with E-state index in [1.165, 1.54) is 27.9 Å². The van der Waals surface area contributed by atoms with E-state index in [0.717, 1.165) is 12.1 Å². The van der Waals surface area contributed by atoms with Crippen LogP contribution in [0.5, 0.6) is 0 Å². The van der Waals surface area contributed by atoms with Crippen LogP contribution in [0.4, 0.5) is 0 Å². The Kier molecular flexibility index (Phi) is 6.62. The summed E-state index contributed by atoms with van der Waals surface area (Å²) in [5.41, 5.74) is 7.94. The average Bonchev–Trinajstić information content (AvgIpc) is 2.67. The second kappa shape index (κ2) is 7.59. The van der Waals surface area contributed by atoms with Crippen LogP contribution in [0.2, 0.25) is 0 Å². The Balaban J connectivity index is 0.00000242. The van der Waals surface area contributed by atoms with Gasteiger partial charge in [0.1, 0.15) is 0 Å². The van der Waals surface area contributed by atoms with Crippen molar-refractivity contribution in [3.05, 3.63) is 40.7 Å². The number of aryl methyl sites for hydroxylation is 3. The summed E-state index contributed by atoms with van der Waals surface area (Å²) in [6.45, 7) is 15.5. The van der Waals surface area contributed by atoms with E-state index in [1.807, 2.05) is 0 Å². The molecule has 0 fully saturated rings. The van der Waals surface area contributed by atoms with Gasteiger partial charge in [-0.2, -0.15) is 5.10 Å². The van der Waals surface area contributed by atoms with Crippen molar-refractivity contribution in [2.45, 2.75) is 60.9 Å². The SMILES string of the molecule is Cc1cccc(C)c1-c1c(C)nn(C(C)C)c1CC(C)C.[Pt]. The molecule has 0 aliphatic carbocycles. The first-order valence-electron chi connectivity index (χ1n) is 7.97. The van der Waals surface area contributed by atoms with E-state index in [4.69, 9.17) is 5.10 Å². The Hall–Kier alpha value is -0.882. The van der Waals surface area contributed by atoms with Crippen LogP contribution in [0, 0.1) is 26.7 Å². The molecule has 2 aromatic rings. The molecule has 22 heavy (non-hydrogen) atoms. The van der Waals surface area contributed by atoms with E-state index in [1.54, 1.807) is 0 Å². The molecule has 0 radical (unpaired) electrons. The van der Waals surface area contributed by atoms with Gasteiger partial charge in [0.15, 0.2) is 0 Å². The predicted molar refractivity (Wildman–Crippen MR) is 90.8 cm³/mol. The van der Waals surface area contributed by atoms with E-state index in [0.29, 0.717) is 12.0 Å². The van der Waals surface area contributed by atoms with Crippen molar-refractivity contribution in [1.29, 1.82) is 0 Å². The fourth-order valence-electron chi connectivity index (χ4n) is 3.14. The van der Waals surface area contributed by atoms with Gasteiger partial charge in [0.2, 0.25) is 0 Å². The standard InChI is InChI=1S/C19H28N2.Pt/c1-12(2)11-17-19(16(7)20-21(17)13(3)4)18-14(5)9-8-10-15(18)6;/h8-10,12-13H,11H2,1-7H3;. The molecule has 0 saturated carbocycles. The number of hydrogen-bond acceptors (Lipinski definition) is 1. The minimum atomic E-state index is 0. The molecule has 124 valence electrons. The summed E-state index contributed by atoms with van der Waals surface area (Å²) in [5, 5.41) is 4.84. The summed E-state index contributed by atoms with van der Waals surface area (Å²) >= 11 is 0. The summed E-state index contributed by atoms with van der Waals surface area (Å²) in [6.07, 6.45) is 1.07. The molecule has 0 atom stereocenters. The molecule has 0 saturated heterocycles. The molecule has 1 heterocycles. The third-order valence-electron chi connectivity index (χ3n) is 4.01. The molecule has 1 aromatic heterocycles. The van der Waals surface area contributed by atoms with Gasteiger partial charge in [-0.15, -0.1) is 0 Å². The van der Waals surface area contributed by atoms with Crippen LogP contribution in [0.15, 0.2) is 18.2 Å². The smallest absolute Gasteiger partial charge is 0.0675 e. The van der Waals surface area contributed by atoms with Gasteiger partial charge in [-0.3, -0.25) is 4.68 Å². The van der Waals surface area contributed by atoms with Crippen LogP contribution < -0.4 is 0 Å². The molecular formula is C19H28N2Pt. The number of nitrogens with zero attached hydrogens (tertiary/aromatic N) is 2. The van der Waals surface area contributed by atoms with Crippen molar-refractivity contribution in [2.24, 2.45) is 5.92 Å². The molecule has 3 heteroatoms. The topological polar surface area (TPSA) is 17.8 Å². The maximum atomic E-state index is 4.84. The maximum Gasteiger partial charge on any atom is 0.0675 e. The van der Waals surface area contributed by atoms with Gasteiger partial charge in [0, 0.05) is 38.4 Å². The average molecular weight is 480 g/mol. The number of benzene rings is 1. The van der Waals surface area contributed by atoms with Crippen LogP contribution in [-0.2, 0) is 27.5 Å². The van der Waals surface area contributed by atoms with Crippen molar-refractivity contribution < 1.29 is 21.1 Å². The van der Waals surface area contributed by atoms with E-state index < -0.39 is 0 Å². The summed E-state index contributed by atoms with van der Waals surface area (Å²) in [4.78, 5) is 0. The van der Waals surface area contributed by atoms with Crippen molar-refractivity contribution in [2.75, 3.05) is 0 Å².